The van der Waals surface area contributed by atoms with E-state index >= 15 is 0 Å². The zero-order chi connectivity index (χ0) is 18.4. The second-order valence-corrected chi connectivity index (χ2v) is 6.02. The smallest absolute Gasteiger partial charge is 0.371 e. The molecule has 3 rings (SSSR count). The number of furan rings is 1. The zero-order valence-corrected chi connectivity index (χ0v) is 14.2. The molecule has 136 valence electrons. The first-order chi connectivity index (χ1) is 12.6. The van der Waals surface area contributed by atoms with Gasteiger partial charge in [0.15, 0.2) is 0 Å². The van der Waals surface area contributed by atoms with Crippen LogP contribution in [0.1, 0.15) is 16.1 Å². The first kappa shape index (κ1) is 18.0. The molecule has 2 aromatic carbocycles. The van der Waals surface area contributed by atoms with Crippen molar-refractivity contribution in [2.24, 2.45) is 0 Å². The molecule has 0 saturated carbocycles. The Bertz CT molecular complexity index is 859. The minimum absolute atomic E-state index is 0.0585. The summed E-state index contributed by atoms with van der Waals surface area (Å²) < 4.78 is 10.8. The van der Waals surface area contributed by atoms with E-state index in [-0.39, 0.29) is 12.4 Å². The quantitative estimate of drug-likeness (QED) is 0.511. The molecule has 0 fully saturated rings. The number of carboxylic acid groups (broad SMARTS) is 1. The van der Waals surface area contributed by atoms with Crippen molar-refractivity contribution in [1.82, 2.24) is 5.32 Å². The van der Waals surface area contributed by atoms with Crippen LogP contribution in [-0.4, -0.2) is 42.0 Å². The summed E-state index contributed by atoms with van der Waals surface area (Å²) in [7, 11) is 0. The van der Waals surface area contributed by atoms with E-state index in [2.05, 4.69) is 5.32 Å². The molecule has 0 spiro atoms. The number of rotatable bonds is 9. The Morgan fingerprint density at radius 1 is 1.15 bits per heavy atom. The van der Waals surface area contributed by atoms with Crippen LogP contribution >= 0.6 is 0 Å². The summed E-state index contributed by atoms with van der Waals surface area (Å²) in [5, 5.41) is 22.9. The summed E-state index contributed by atoms with van der Waals surface area (Å²) in [6.45, 7) is 1.34. The number of nitrogens with one attached hydrogen (secondary N) is 1. The lowest BCUT2D eigenvalue weighted by Crippen LogP contribution is -2.32. The van der Waals surface area contributed by atoms with E-state index in [1.165, 1.54) is 6.07 Å². The fourth-order valence-electron chi connectivity index (χ4n) is 2.61. The van der Waals surface area contributed by atoms with Gasteiger partial charge in [-0.25, -0.2) is 4.79 Å². The molecule has 6 nitrogen and oxygen atoms in total. The molecule has 0 amide bonds. The Morgan fingerprint density at radius 3 is 2.73 bits per heavy atom. The third-order valence-electron chi connectivity index (χ3n) is 3.95. The zero-order valence-electron chi connectivity index (χ0n) is 14.2. The molecule has 1 atom stereocenters. The second kappa shape index (κ2) is 8.51. The molecule has 0 aliphatic rings. The van der Waals surface area contributed by atoms with Gasteiger partial charge in [-0.05, 0) is 42.8 Å². The Hall–Kier alpha value is -2.83. The van der Waals surface area contributed by atoms with Gasteiger partial charge in [-0.15, -0.1) is 0 Å². The average molecular weight is 355 g/mol. The van der Waals surface area contributed by atoms with Gasteiger partial charge in [0.2, 0.25) is 5.76 Å². The van der Waals surface area contributed by atoms with E-state index in [0.717, 1.165) is 23.1 Å². The lowest BCUT2D eigenvalue weighted by Gasteiger charge is -2.13. The summed E-state index contributed by atoms with van der Waals surface area (Å²) in [5.74, 6) is -0.396. The monoisotopic (exact) mass is 355 g/mol. The molecular weight excluding hydrogens is 334 g/mol. The highest BCUT2D eigenvalue weighted by Crippen LogP contribution is 2.21. The molecule has 0 radical (unpaired) electrons. The van der Waals surface area contributed by atoms with Crippen molar-refractivity contribution in [1.29, 1.82) is 0 Å². The highest BCUT2D eigenvalue weighted by Gasteiger charge is 2.10. The Balaban J connectivity index is 1.41. The highest BCUT2D eigenvalue weighted by molar-refractivity contribution is 5.91. The molecule has 1 aromatic heterocycles. The number of carboxylic acids is 1. The Labute approximate surface area is 151 Å². The van der Waals surface area contributed by atoms with E-state index in [1.54, 1.807) is 0 Å². The van der Waals surface area contributed by atoms with E-state index < -0.39 is 12.1 Å². The predicted octanol–water partition coefficient (Wildman–Crippen LogP) is 2.70. The van der Waals surface area contributed by atoms with Gasteiger partial charge in [-0.2, -0.15) is 0 Å². The van der Waals surface area contributed by atoms with Crippen molar-refractivity contribution in [3.63, 3.8) is 0 Å². The Morgan fingerprint density at radius 2 is 1.96 bits per heavy atom. The number of aliphatic hydroxyl groups is 1. The molecule has 0 bridgehead atoms. The van der Waals surface area contributed by atoms with E-state index in [9.17, 15) is 9.90 Å². The summed E-state index contributed by atoms with van der Waals surface area (Å²) in [5.41, 5.74) is 1.60. The molecule has 26 heavy (non-hydrogen) atoms. The van der Waals surface area contributed by atoms with Crippen molar-refractivity contribution in [3.8, 4) is 5.75 Å². The number of ether oxygens (including phenoxy) is 1. The van der Waals surface area contributed by atoms with Crippen LogP contribution in [0.4, 0.5) is 0 Å². The number of carbonyl (C=O) groups is 1. The van der Waals surface area contributed by atoms with Gasteiger partial charge in [0.25, 0.3) is 0 Å². The third-order valence-corrected chi connectivity index (χ3v) is 3.95. The van der Waals surface area contributed by atoms with E-state index in [1.807, 2.05) is 48.5 Å². The number of para-hydroxylation sites is 1. The maximum atomic E-state index is 10.9. The molecule has 3 N–H and O–H groups in total. The van der Waals surface area contributed by atoms with Crippen molar-refractivity contribution < 1.29 is 24.2 Å². The molecule has 6 heteroatoms. The number of hydrogen-bond acceptors (Lipinski definition) is 5. The van der Waals surface area contributed by atoms with Gasteiger partial charge < -0.3 is 24.7 Å². The van der Waals surface area contributed by atoms with Crippen molar-refractivity contribution in [2.45, 2.75) is 12.5 Å². The predicted molar refractivity (Wildman–Crippen MR) is 97.7 cm³/mol. The van der Waals surface area contributed by atoms with Crippen LogP contribution in [0.15, 0.2) is 59.0 Å². The summed E-state index contributed by atoms with van der Waals surface area (Å²) in [6.07, 6.45) is 0.145. The van der Waals surface area contributed by atoms with Crippen molar-refractivity contribution >= 4 is 16.9 Å². The third kappa shape index (κ3) is 4.84. The second-order valence-electron chi connectivity index (χ2n) is 6.02. The lowest BCUT2D eigenvalue weighted by molar-refractivity contribution is 0.0665. The van der Waals surface area contributed by atoms with Crippen LogP contribution < -0.4 is 10.1 Å². The molecular formula is C20H21NO5. The van der Waals surface area contributed by atoms with Crippen LogP contribution in [0.5, 0.6) is 5.75 Å². The minimum Gasteiger partial charge on any atom is -0.491 e. The topological polar surface area (TPSA) is 91.9 Å². The number of fused-ring (bicyclic) bond motifs is 1. The summed E-state index contributed by atoms with van der Waals surface area (Å²) in [6, 6.07) is 16.5. The SMILES string of the molecule is O=C(O)c1cc2ccc(CCNCC(O)COc3ccccc3)cc2o1. The normalized spacial score (nSPS) is 12.2. The van der Waals surface area contributed by atoms with Gasteiger partial charge in [-0.1, -0.05) is 30.3 Å². The highest BCUT2D eigenvalue weighted by atomic mass is 16.5. The number of hydrogen-bond donors (Lipinski definition) is 3. The van der Waals surface area contributed by atoms with Crippen LogP contribution in [0.2, 0.25) is 0 Å². The van der Waals surface area contributed by atoms with Crippen LogP contribution in [0, 0.1) is 0 Å². The number of aliphatic hydroxyl groups excluding tert-OH is 1. The maximum absolute atomic E-state index is 10.9. The standard InChI is InChI=1S/C20H21NO5/c22-16(13-25-17-4-2-1-3-5-17)12-21-9-8-14-6-7-15-11-19(20(23)24)26-18(15)10-14/h1-7,10-11,16,21-22H,8-9,12-13H2,(H,23,24). The summed E-state index contributed by atoms with van der Waals surface area (Å²) in [4.78, 5) is 10.9. The fourth-order valence-corrected chi connectivity index (χ4v) is 2.61. The lowest BCUT2D eigenvalue weighted by atomic mass is 10.1. The van der Waals surface area contributed by atoms with Gasteiger partial charge >= 0.3 is 5.97 Å². The van der Waals surface area contributed by atoms with Gasteiger partial charge in [0.05, 0.1) is 0 Å². The Kier molecular flexibility index (Phi) is 5.88. The fraction of sp³-hybridized carbons (Fsp3) is 0.250. The van der Waals surface area contributed by atoms with Crippen LogP contribution in [0.25, 0.3) is 11.0 Å². The van der Waals surface area contributed by atoms with Gasteiger partial charge in [-0.3, -0.25) is 0 Å². The van der Waals surface area contributed by atoms with Crippen LogP contribution in [-0.2, 0) is 6.42 Å². The van der Waals surface area contributed by atoms with Crippen molar-refractivity contribution in [3.05, 3.63) is 65.9 Å². The number of benzene rings is 2. The van der Waals surface area contributed by atoms with E-state index in [0.29, 0.717) is 18.7 Å². The van der Waals surface area contributed by atoms with Crippen molar-refractivity contribution in [2.75, 3.05) is 19.7 Å². The average Bonchev–Trinajstić information content (AvgIpc) is 3.08. The molecule has 1 unspecified atom stereocenters. The minimum atomic E-state index is -1.07. The maximum Gasteiger partial charge on any atom is 0.371 e. The molecule has 0 aliphatic carbocycles. The number of aromatic carboxylic acids is 1. The first-order valence-electron chi connectivity index (χ1n) is 8.44. The first-order valence-corrected chi connectivity index (χ1v) is 8.44. The molecule has 0 saturated heterocycles. The van der Waals surface area contributed by atoms with E-state index in [4.69, 9.17) is 14.3 Å². The molecule has 3 aromatic rings. The van der Waals surface area contributed by atoms with Gasteiger partial charge in [0.1, 0.15) is 24.0 Å². The largest absolute Gasteiger partial charge is 0.491 e. The molecule has 0 aliphatic heterocycles. The van der Waals surface area contributed by atoms with Gasteiger partial charge in [0, 0.05) is 11.9 Å². The molecule has 1 heterocycles. The van der Waals surface area contributed by atoms with Crippen LogP contribution in [0.3, 0.4) is 0 Å². The summed E-state index contributed by atoms with van der Waals surface area (Å²) >= 11 is 0.